The van der Waals surface area contributed by atoms with E-state index in [9.17, 15) is 13.2 Å². The van der Waals surface area contributed by atoms with Gasteiger partial charge in [0, 0.05) is 0 Å². The van der Waals surface area contributed by atoms with Gasteiger partial charge in [-0.2, -0.15) is 12.1 Å². The first-order valence-electron chi connectivity index (χ1n) is 23.6. The first kappa shape index (κ1) is 50.0. The van der Waals surface area contributed by atoms with Gasteiger partial charge in [0.2, 0.25) is 0 Å². The van der Waals surface area contributed by atoms with Gasteiger partial charge in [0.25, 0.3) is 0 Å². The van der Waals surface area contributed by atoms with E-state index < -0.39 is 18.0 Å². The van der Waals surface area contributed by atoms with Crippen molar-refractivity contribution in [3.8, 4) is 22.3 Å². The quantitative estimate of drug-likeness (QED) is 0.0847. The Bertz CT molecular complexity index is 2230. The Labute approximate surface area is 403 Å². The first-order valence-corrected chi connectivity index (χ1v) is 29.5. The second-order valence-electron chi connectivity index (χ2n) is 19.8. The van der Waals surface area contributed by atoms with E-state index in [0.29, 0.717) is 16.9 Å². The molecule has 7 heteroatoms. The third-order valence-electron chi connectivity index (χ3n) is 14.9. The van der Waals surface area contributed by atoms with Gasteiger partial charge in [-0.05, 0) is 135 Å². The Morgan fingerprint density at radius 1 is 0.619 bits per heavy atom. The molecule has 10 rings (SSSR count). The van der Waals surface area contributed by atoms with E-state index in [-0.39, 0.29) is 24.8 Å². The molecule has 4 bridgehead atoms. The molecule has 4 fully saturated rings. The molecule has 4 aliphatic rings. The van der Waals surface area contributed by atoms with Crippen molar-refractivity contribution in [3.63, 3.8) is 0 Å². The SMILES string of the molecule is CCCc1ccc(-c2cccc3[cH-]c(CC45CCC(CC4)C5)cc23)cc1.CCCc1ccc(-c2cccc3[cH-]c(CC45CCC(CC4)C5)cc23)cc1.C[Si](=[Zr+2])CCC(F)(F)F.[Cl-].[Cl-]. The maximum atomic E-state index is 11.4. The Balaban J connectivity index is 0.000000172. The van der Waals surface area contributed by atoms with Crippen LogP contribution in [0.25, 0.3) is 43.8 Å². The number of hydrogen-bond donors (Lipinski definition) is 0. The fourth-order valence-corrected chi connectivity index (χ4v) is 13.5. The molecule has 0 amide bonds. The van der Waals surface area contributed by atoms with E-state index in [1.54, 1.807) is 11.1 Å². The summed E-state index contributed by atoms with van der Waals surface area (Å²) in [6.45, 7) is 6.42. The van der Waals surface area contributed by atoms with Crippen LogP contribution < -0.4 is 24.8 Å². The van der Waals surface area contributed by atoms with Crippen LogP contribution in [0.5, 0.6) is 0 Å². The minimum Gasteiger partial charge on any atom is -1.00 e. The van der Waals surface area contributed by atoms with Crippen LogP contribution in [0.3, 0.4) is 0 Å². The molecule has 4 saturated carbocycles. The standard InChI is InChI=1S/2C26H29.C4H7F3Si.2ClH.Zr/c2*1-2-4-19-7-9-22(10-8-19)24-6-3-5-23-15-21(16-25(23)24)18-26-13-11-20(17-26)12-14-26;1-8-3-2-4(5,6)7;;;/h2*3,5-10,15-16,20H,2,4,11-14,17-18H2,1H3;2-3H2,1H3;2*1H;/q2*-1;;;;+2/p-2. The topological polar surface area (TPSA) is 0 Å². The molecule has 334 valence electrons. The number of aryl methyl sites for hydroxylation is 2. The summed E-state index contributed by atoms with van der Waals surface area (Å²) in [5.41, 5.74) is 12.2. The minimum absolute atomic E-state index is 0. The van der Waals surface area contributed by atoms with E-state index in [0.717, 1.165) is 11.8 Å². The molecule has 0 aromatic heterocycles. The second kappa shape index (κ2) is 21.9. The van der Waals surface area contributed by atoms with Crippen molar-refractivity contribution < 1.29 is 61.3 Å². The monoisotopic (exact) mass is 982 g/mol. The molecule has 0 saturated heterocycles. The Kier molecular flexibility index (Phi) is 17.4. The third-order valence-corrected chi connectivity index (χ3v) is 17.8. The fraction of sp³-hybridized carbons (Fsp3) is 0.464. The Morgan fingerprint density at radius 3 is 1.32 bits per heavy atom. The van der Waals surface area contributed by atoms with Gasteiger partial charge in [-0.1, -0.05) is 98.5 Å². The van der Waals surface area contributed by atoms with E-state index in [4.69, 9.17) is 0 Å². The fourth-order valence-electron chi connectivity index (χ4n) is 11.9. The second-order valence-corrected chi connectivity index (χ2v) is 28.1. The van der Waals surface area contributed by atoms with E-state index >= 15 is 0 Å². The van der Waals surface area contributed by atoms with Crippen LogP contribution in [0.1, 0.15) is 120 Å². The molecule has 0 radical (unpaired) electrons. The summed E-state index contributed by atoms with van der Waals surface area (Å²) < 4.78 is 34.3. The molecule has 0 aliphatic heterocycles. The van der Waals surface area contributed by atoms with Crippen molar-refractivity contribution in [2.24, 2.45) is 22.7 Å². The summed E-state index contributed by atoms with van der Waals surface area (Å²) in [5.74, 6) is 2.08. The van der Waals surface area contributed by atoms with E-state index in [1.807, 2.05) is 6.55 Å². The van der Waals surface area contributed by atoms with Crippen molar-refractivity contribution in [1.82, 2.24) is 0 Å². The summed E-state index contributed by atoms with van der Waals surface area (Å²) in [6, 6.07) is 42.3. The summed E-state index contributed by atoms with van der Waals surface area (Å²) in [7, 11) is 0. The third kappa shape index (κ3) is 12.5. The largest absolute Gasteiger partial charge is 1.00 e. The smallest absolute Gasteiger partial charge is 1.00 e. The molecule has 0 heterocycles. The van der Waals surface area contributed by atoms with Gasteiger partial charge in [0.1, 0.15) is 0 Å². The van der Waals surface area contributed by atoms with Gasteiger partial charge in [-0.25, -0.2) is 0 Å². The predicted molar refractivity (Wildman–Crippen MR) is 250 cm³/mol. The molecule has 0 N–H and O–H groups in total. The van der Waals surface area contributed by atoms with Gasteiger partial charge >= 0.3 is 67.1 Å². The zero-order valence-corrected chi connectivity index (χ0v) is 42.6. The summed E-state index contributed by atoms with van der Waals surface area (Å²) >= 11 is 1.29. The van der Waals surface area contributed by atoms with E-state index in [1.165, 1.54) is 181 Å². The minimum atomic E-state index is -3.93. The van der Waals surface area contributed by atoms with Gasteiger partial charge in [0.15, 0.2) is 0 Å². The van der Waals surface area contributed by atoms with E-state index in [2.05, 4.69) is 123 Å². The first-order chi connectivity index (χ1) is 29.4. The summed E-state index contributed by atoms with van der Waals surface area (Å²) in [4.78, 5) is 0. The molecule has 6 aromatic rings. The number of fused-ring (bicyclic) bond motifs is 6. The number of benzene rings is 4. The molecular weight excluding hydrogens is 920 g/mol. The molecule has 0 spiro atoms. The molecule has 0 unspecified atom stereocenters. The number of hydrogen-bond acceptors (Lipinski definition) is 0. The average molecular weight is 985 g/mol. The van der Waals surface area contributed by atoms with Gasteiger partial charge in [-0.3, -0.25) is 0 Å². The molecule has 0 nitrogen and oxygen atoms in total. The molecule has 0 atom stereocenters. The van der Waals surface area contributed by atoms with Crippen LogP contribution in [0, 0.1) is 22.7 Å². The molecule has 6 aromatic carbocycles. The van der Waals surface area contributed by atoms with Gasteiger partial charge < -0.3 is 24.8 Å². The number of alkyl halides is 3. The van der Waals surface area contributed by atoms with Crippen LogP contribution in [0.15, 0.2) is 109 Å². The maximum Gasteiger partial charge on any atom is -1.00 e. The Hall–Kier alpha value is -2.43. The summed E-state index contributed by atoms with van der Waals surface area (Å²) in [6.07, 6.45) is 17.6. The number of halogens is 5. The van der Waals surface area contributed by atoms with Gasteiger partial charge in [0.05, 0.1) is 0 Å². The van der Waals surface area contributed by atoms with Crippen LogP contribution in [-0.4, -0.2) is 11.6 Å². The van der Waals surface area contributed by atoms with Crippen molar-refractivity contribution in [2.45, 2.75) is 142 Å². The molecule has 63 heavy (non-hydrogen) atoms. The molecule has 4 aliphatic carbocycles. The molecular formula is C56H65Cl2F3SiZr-2. The van der Waals surface area contributed by atoms with Crippen LogP contribution >= 0.6 is 0 Å². The Morgan fingerprint density at radius 2 is 1.02 bits per heavy atom. The summed E-state index contributed by atoms with van der Waals surface area (Å²) in [5, 5.41) is 5.71. The van der Waals surface area contributed by atoms with Crippen molar-refractivity contribution in [1.29, 1.82) is 0 Å². The van der Waals surface area contributed by atoms with Gasteiger partial charge in [-0.15, -0.1) is 69.1 Å². The van der Waals surface area contributed by atoms with Crippen molar-refractivity contribution in [2.75, 3.05) is 0 Å². The zero-order valence-electron chi connectivity index (χ0n) is 37.7. The van der Waals surface area contributed by atoms with Crippen LogP contribution in [0.2, 0.25) is 12.6 Å². The predicted octanol–water partition coefficient (Wildman–Crippen LogP) is 10.7. The van der Waals surface area contributed by atoms with Crippen molar-refractivity contribution >= 4 is 27.0 Å². The zero-order chi connectivity index (χ0) is 42.6. The van der Waals surface area contributed by atoms with Crippen LogP contribution in [-0.2, 0) is 49.0 Å². The van der Waals surface area contributed by atoms with Crippen LogP contribution in [0.4, 0.5) is 13.2 Å². The van der Waals surface area contributed by atoms with Crippen molar-refractivity contribution in [3.05, 3.63) is 131 Å². The maximum absolute atomic E-state index is 11.4. The normalized spacial score (nSPS) is 22.0. The number of rotatable bonds is 12. The average Bonchev–Trinajstić information content (AvgIpc) is 4.12.